The summed E-state index contributed by atoms with van der Waals surface area (Å²) >= 11 is 6.15. The Hall–Kier alpha value is -3.37. The number of rotatable bonds is 10. The van der Waals surface area contributed by atoms with Crippen molar-refractivity contribution in [3.63, 3.8) is 0 Å². The first-order chi connectivity index (χ1) is 16.3. The first-order valence-electron chi connectivity index (χ1n) is 10.5. The zero-order chi connectivity index (χ0) is 24.7. The van der Waals surface area contributed by atoms with E-state index < -0.39 is 33.1 Å². The highest BCUT2D eigenvalue weighted by Gasteiger charge is 2.26. The number of ether oxygens (including phenoxy) is 2. The number of hydrogen-bond acceptors (Lipinski definition) is 8. The maximum absolute atomic E-state index is 12.9. The van der Waals surface area contributed by atoms with Crippen molar-refractivity contribution in [3.05, 3.63) is 75.7 Å². The molecule has 0 amide bonds. The van der Waals surface area contributed by atoms with Crippen molar-refractivity contribution in [3.8, 4) is 17.2 Å². The van der Waals surface area contributed by atoms with Gasteiger partial charge in [-0.3, -0.25) is 4.79 Å². The number of para-hydroxylation sites is 1. The number of carbonyl (C=O) groups is 1. The van der Waals surface area contributed by atoms with E-state index in [4.69, 9.17) is 25.3 Å². The number of halogens is 1. The molecule has 3 rings (SSSR count). The molecule has 0 saturated carbocycles. The first kappa shape index (κ1) is 25.3. The third-order valence-electron chi connectivity index (χ3n) is 4.52. The van der Waals surface area contributed by atoms with Gasteiger partial charge in [-0.25, -0.2) is 4.79 Å². The van der Waals surface area contributed by atoms with Crippen LogP contribution in [0.4, 0.5) is 0 Å². The van der Waals surface area contributed by atoms with Crippen molar-refractivity contribution in [2.24, 2.45) is 0 Å². The summed E-state index contributed by atoms with van der Waals surface area (Å²) in [6.45, 7) is 4.11. The molecule has 0 aliphatic carbocycles. The lowest BCUT2D eigenvalue weighted by Gasteiger charge is -2.13. The summed E-state index contributed by atoms with van der Waals surface area (Å²) in [5.74, 6) is -1.02. The van der Waals surface area contributed by atoms with E-state index in [2.05, 4.69) is 5.10 Å². The predicted octanol–water partition coefficient (Wildman–Crippen LogP) is 4.01. The minimum Gasteiger partial charge on any atom is -0.494 e. The topological polar surface area (TPSA) is 114 Å². The van der Waals surface area contributed by atoms with Crippen LogP contribution in [0.5, 0.6) is 11.5 Å². The van der Waals surface area contributed by atoms with Gasteiger partial charge in [0.1, 0.15) is 10.6 Å². The SMILES string of the molecule is CCCCOc1ccc(S(=O)(=O)Oc2cc(=O)n(-c3ccccc3Cl)nc2C(=O)OCC)cc1. The van der Waals surface area contributed by atoms with Gasteiger partial charge in [0.15, 0.2) is 5.75 Å². The summed E-state index contributed by atoms with van der Waals surface area (Å²) in [5.41, 5.74) is -1.05. The lowest BCUT2D eigenvalue weighted by molar-refractivity contribution is 0.0515. The maximum atomic E-state index is 12.9. The van der Waals surface area contributed by atoms with Gasteiger partial charge >= 0.3 is 16.1 Å². The first-order valence-corrected chi connectivity index (χ1v) is 12.3. The van der Waals surface area contributed by atoms with E-state index in [1.165, 1.54) is 30.3 Å². The van der Waals surface area contributed by atoms with Crippen molar-refractivity contribution >= 4 is 27.7 Å². The number of benzene rings is 2. The molecule has 3 aromatic rings. The fourth-order valence-corrected chi connectivity index (χ4v) is 3.99. The van der Waals surface area contributed by atoms with Gasteiger partial charge < -0.3 is 13.7 Å². The molecule has 34 heavy (non-hydrogen) atoms. The Morgan fingerprint density at radius 2 is 1.79 bits per heavy atom. The lowest BCUT2D eigenvalue weighted by atomic mass is 10.3. The normalized spacial score (nSPS) is 11.1. The molecule has 11 heteroatoms. The summed E-state index contributed by atoms with van der Waals surface area (Å²) < 4.78 is 42.2. The molecule has 0 unspecified atom stereocenters. The zero-order valence-corrected chi connectivity index (χ0v) is 20.1. The van der Waals surface area contributed by atoms with Crippen LogP contribution in [0.1, 0.15) is 37.2 Å². The molecule has 0 fully saturated rings. The molecule has 1 heterocycles. The molecule has 2 aromatic carbocycles. The van der Waals surface area contributed by atoms with Crippen LogP contribution in [0.15, 0.2) is 64.3 Å². The standard InChI is InChI=1S/C23H23ClN2O7S/c1-3-5-14-32-16-10-12-17(13-11-16)34(29,30)33-20-15-21(27)26(19-9-7-6-8-18(19)24)25-22(20)23(28)31-4-2/h6-13,15H,3-5,14H2,1-2H3. The average Bonchev–Trinajstić information content (AvgIpc) is 2.80. The molecular weight excluding hydrogens is 484 g/mol. The quantitative estimate of drug-likeness (QED) is 0.230. The molecule has 9 nitrogen and oxygen atoms in total. The zero-order valence-electron chi connectivity index (χ0n) is 18.6. The highest BCUT2D eigenvalue weighted by Crippen LogP contribution is 2.24. The average molecular weight is 507 g/mol. The molecule has 0 radical (unpaired) electrons. The second-order valence-corrected chi connectivity index (χ2v) is 8.94. The molecule has 0 aliphatic heterocycles. The summed E-state index contributed by atoms with van der Waals surface area (Å²) in [6, 6.07) is 12.8. The minimum atomic E-state index is -4.41. The van der Waals surface area contributed by atoms with E-state index in [0.29, 0.717) is 12.4 Å². The van der Waals surface area contributed by atoms with Gasteiger partial charge in [-0.15, -0.1) is 0 Å². The fraction of sp³-hybridized carbons (Fsp3) is 0.261. The Labute approximate surface area is 202 Å². The predicted molar refractivity (Wildman–Crippen MR) is 125 cm³/mol. The number of hydrogen-bond donors (Lipinski definition) is 0. The van der Waals surface area contributed by atoms with Crippen LogP contribution in [0.3, 0.4) is 0 Å². The van der Waals surface area contributed by atoms with Crippen molar-refractivity contribution in [1.29, 1.82) is 0 Å². The van der Waals surface area contributed by atoms with Crippen molar-refractivity contribution in [1.82, 2.24) is 9.78 Å². The van der Waals surface area contributed by atoms with E-state index in [-0.39, 0.29) is 22.2 Å². The Balaban J connectivity index is 1.98. The second-order valence-electron chi connectivity index (χ2n) is 6.99. The third-order valence-corrected chi connectivity index (χ3v) is 6.09. The van der Waals surface area contributed by atoms with Crippen LogP contribution in [-0.2, 0) is 14.9 Å². The molecular formula is C23H23ClN2O7S. The van der Waals surface area contributed by atoms with Crippen molar-refractivity contribution < 1.29 is 26.9 Å². The van der Waals surface area contributed by atoms with Gasteiger partial charge in [-0.2, -0.15) is 18.2 Å². The van der Waals surface area contributed by atoms with Crippen LogP contribution < -0.4 is 14.5 Å². The number of aromatic nitrogens is 2. The van der Waals surface area contributed by atoms with Gasteiger partial charge in [-0.1, -0.05) is 37.1 Å². The van der Waals surface area contributed by atoms with Crippen LogP contribution in [-0.4, -0.2) is 37.4 Å². The Morgan fingerprint density at radius 1 is 1.09 bits per heavy atom. The van der Waals surface area contributed by atoms with E-state index in [9.17, 15) is 18.0 Å². The fourth-order valence-electron chi connectivity index (χ4n) is 2.84. The summed E-state index contributed by atoms with van der Waals surface area (Å²) in [4.78, 5) is 25.0. The van der Waals surface area contributed by atoms with Crippen LogP contribution in [0.2, 0.25) is 5.02 Å². The largest absolute Gasteiger partial charge is 0.494 e. The van der Waals surface area contributed by atoms with Crippen LogP contribution in [0.25, 0.3) is 5.69 Å². The molecule has 180 valence electrons. The van der Waals surface area contributed by atoms with Crippen molar-refractivity contribution in [2.75, 3.05) is 13.2 Å². The lowest BCUT2D eigenvalue weighted by Crippen LogP contribution is -2.26. The Bertz CT molecular complexity index is 1320. The highest BCUT2D eigenvalue weighted by atomic mass is 35.5. The summed E-state index contributed by atoms with van der Waals surface area (Å²) in [7, 11) is -4.41. The second kappa shape index (κ2) is 11.2. The molecule has 0 atom stereocenters. The van der Waals surface area contributed by atoms with E-state index >= 15 is 0 Å². The third kappa shape index (κ3) is 5.95. The molecule has 0 bridgehead atoms. The van der Waals surface area contributed by atoms with Gasteiger partial charge in [0, 0.05) is 0 Å². The molecule has 0 aliphatic rings. The number of esters is 1. The molecule has 0 saturated heterocycles. The van der Waals surface area contributed by atoms with Crippen LogP contribution in [0, 0.1) is 0 Å². The number of carbonyl (C=O) groups excluding carboxylic acids is 1. The van der Waals surface area contributed by atoms with E-state index in [1.54, 1.807) is 25.1 Å². The molecule has 0 spiro atoms. The number of unbranched alkanes of at least 4 members (excludes halogenated alkanes) is 1. The van der Waals surface area contributed by atoms with Crippen LogP contribution >= 0.6 is 11.6 Å². The Morgan fingerprint density at radius 3 is 2.44 bits per heavy atom. The summed E-state index contributed by atoms with van der Waals surface area (Å²) in [5, 5.41) is 4.19. The van der Waals surface area contributed by atoms with E-state index in [1.807, 2.05) is 6.92 Å². The van der Waals surface area contributed by atoms with Gasteiger partial charge in [0.05, 0.1) is 30.0 Å². The highest BCUT2D eigenvalue weighted by molar-refractivity contribution is 7.87. The van der Waals surface area contributed by atoms with Crippen molar-refractivity contribution in [2.45, 2.75) is 31.6 Å². The molecule has 1 aromatic heterocycles. The summed E-state index contributed by atoms with van der Waals surface area (Å²) in [6.07, 6.45) is 1.83. The maximum Gasteiger partial charge on any atom is 0.362 e. The smallest absolute Gasteiger partial charge is 0.362 e. The number of nitrogens with zero attached hydrogens (tertiary/aromatic N) is 2. The Kier molecular flexibility index (Phi) is 8.30. The van der Waals surface area contributed by atoms with E-state index in [0.717, 1.165) is 23.6 Å². The van der Waals surface area contributed by atoms with Gasteiger partial charge in [0.25, 0.3) is 5.56 Å². The van der Waals surface area contributed by atoms with Gasteiger partial charge in [0.2, 0.25) is 5.69 Å². The molecule has 0 N–H and O–H groups in total. The monoisotopic (exact) mass is 506 g/mol. The van der Waals surface area contributed by atoms with Gasteiger partial charge in [-0.05, 0) is 49.7 Å². The minimum absolute atomic E-state index is 0.00256.